The smallest absolute Gasteiger partial charge is 0.260 e. The van der Waals surface area contributed by atoms with Crippen molar-refractivity contribution < 1.29 is 18.8 Å². The molecule has 0 aliphatic rings. The largest absolute Gasteiger partial charge is 0.484 e. The quantitative estimate of drug-likeness (QED) is 0.734. The Balaban J connectivity index is 1.90. The molecule has 0 N–H and O–H groups in total. The molecule has 0 radical (unpaired) electrons. The third-order valence-electron chi connectivity index (χ3n) is 3.72. The topological polar surface area (TPSA) is 72.6 Å². The molecule has 0 saturated heterocycles. The number of Topliss-reactive ketones (excluding diaryl/α,β-unsaturated/α-hetero) is 1. The summed E-state index contributed by atoms with van der Waals surface area (Å²) in [5.41, 5.74) is 1.33. The van der Waals surface area contributed by atoms with Gasteiger partial charge in [-0.05, 0) is 31.2 Å². The van der Waals surface area contributed by atoms with Crippen molar-refractivity contribution in [3.63, 3.8) is 0 Å². The molecular weight excluding hydrogens is 296 g/mol. The van der Waals surface area contributed by atoms with E-state index in [-0.39, 0.29) is 24.3 Å². The van der Waals surface area contributed by atoms with Gasteiger partial charge in [-0.2, -0.15) is 0 Å². The highest BCUT2D eigenvalue weighted by molar-refractivity contribution is 5.95. The molecule has 23 heavy (non-hydrogen) atoms. The second kappa shape index (κ2) is 7.58. The summed E-state index contributed by atoms with van der Waals surface area (Å²) in [5, 5.41) is 3.83. The van der Waals surface area contributed by atoms with Crippen molar-refractivity contribution in [1.82, 2.24) is 10.1 Å². The van der Waals surface area contributed by atoms with Crippen molar-refractivity contribution in [1.29, 1.82) is 0 Å². The summed E-state index contributed by atoms with van der Waals surface area (Å²) in [6.45, 7) is 3.60. The van der Waals surface area contributed by atoms with Crippen LogP contribution in [0.5, 0.6) is 5.75 Å². The first-order chi connectivity index (χ1) is 11.0. The normalized spacial score (nSPS) is 11.8. The number of nitrogens with zero attached hydrogens (tertiary/aromatic N) is 2. The molecule has 0 saturated carbocycles. The van der Waals surface area contributed by atoms with E-state index in [9.17, 15) is 9.59 Å². The van der Waals surface area contributed by atoms with Gasteiger partial charge in [-0.25, -0.2) is 0 Å². The summed E-state index contributed by atoms with van der Waals surface area (Å²) in [6, 6.07) is 8.31. The van der Waals surface area contributed by atoms with Gasteiger partial charge in [0.05, 0.1) is 6.04 Å². The molecule has 2 aromatic rings. The van der Waals surface area contributed by atoms with Crippen LogP contribution in [-0.4, -0.2) is 35.4 Å². The predicted octanol–water partition coefficient (Wildman–Crippen LogP) is 2.87. The highest BCUT2D eigenvalue weighted by Crippen LogP contribution is 2.17. The molecule has 122 valence electrons. The molecule has 1 aromatic carbocycles. The second-order valence-corrected chi connectivity index (χ2v) is 5.19. The third kappa shape index (κ3) is 4.18. The molecule has 1 unspecified atom stereocenters. The number of ether oxygens (including phenoxy) is 1. The number of rotatable bonds is 7. The number of hydrogen-bond acceptors (Lipinski definition) is 5. The molecule has 1 heterocycles. The van der Waals surface area contributed by atoms with Gasteiger partial charge in [-0.3, -0.25) is 9.59 Å². The zero-order valence-corrected chi connectivity index (χ0v) is 13.5. The van der Waals surface area contributed by atoms with Crippen LogP contribution in [0.15, 0.2) is 41.1 Å². The van der Waals surface area contributed by atoms with E-state index >= 15 is 0 Å². The van der Waals surface area contributed by atoms with Crippen LogP contribution in [0, 0.1) is 0 Å². The van der Waals surface area contributed by atoms with Crippen LogP contribution in [-0.2, 0) is 4.79 Å². The van der Waals surface area contributed by atoms with E-state index in [1.165, 1.54) is 6.26 Å². The molecule has 2 rings (SSSR count). The molecule has 0 bridgehead atoms. The van der Waals surface area contributed by atoms with Crippen molar-refractivity contribution in [2.45, 2.75) is 26.3 Å². The van der Waals surface area contributed by atoms with Crippen LogP contribution in [0.3, 0.4) is 0 Å². The lowest BCUT2D eigenvalue weighted by Gasteiger charge is -2.23. The molecule has 6 heteroatoms. The molecule has 0 spiro atoms. The molecule has 1 amide bonds. The van der Waals surface area contributed by atoms with Crippen LogP contribution >= 0.6 is 0 Å². The highest BCUT2D eigenvalue weighted by Gasteiger charge is 2.19. The molecule has 6 nitrogen and oxygen atoms in total. The Hall–Kier alpha value is -2.63. The maximum absolute atomic E-state index is 12.2. The summed E-state index contributed by atoms with van der Waals surface area (Å²) < 4.78 is 10.3. The van der Waals surface area contributed by atoms with E-state index in [1.807, 2.05) is 13.8 Å². The van der Waals surface area contributed by atoms with Gasteiger partial charge in [-0.15, -0.1) is 0 Å². The van der Waals surface area contributed by atoms with Gasteiger partial charge in [0.15, 0.2) is 12.4 Å². The van der Waals surface area contributed by atoms with Gasteiger partial charge in [0.1, 0.15) is 17.7 Å². The number of benzene rings is 1. The van der Waals surface area contributed by atoms with E-state index in [4.69, 9.17) is 9.26 Å². The Morgan fingerprint density at radius 1 is 1.26 bits per heavy atom. The zero-order chi connectivity index (χ0) is 16.8. The van der Waals surface area contributed by atoms with Crippen molar-refractivity contribution >= 4 is 11.7 Å². The lowest BCUT2D eigenvalue weighted by Crippen LogP contribution is -2.33. The minimum absolute atomic E-state index is 0.0776. The number of carbonyl (C=O) groups is 2. The van der Waals surface area contributed by atoms with Crippen LogP contribution in [0.25, 0.3) is 0 Å². The Kier molecular flexibility index (Phi) is 5.51. The molecule has 0 aliphatic carbocycles. The summed E-state index contributed by atoms with van der Waals surface area (Å²) in [4.78, 5) is 25.3. The maximum Gasteiger partial charge on any atom is 0.260 e. The summed E-state index contributed by atoms with van der Waals surface area (Å²) >= 11 is 0. The SMILES string of the molecule is CCC(=O)c1ccc(OCC(=O)N(C)C(C)c2ccon2)cc1. The Labute approximate surface area is 135 Å². The van der Waals surface area contributed by atoms with E-state index in [0.717, 1.165) is 0 Å². The van der Waals surface area contributed by atoms with Crippen molar-refractivity contribution in [2.24, 2.45) is 0 Å². The van der Waals surface area contributed by atoms with Crippen molar-refractivity contribution in [3.05, 3.63) is 47.9 Å². The number of amides is 1. The van der Waals surface area contributed by atoms with Crippen molar-refractivity contribution in [2.75, 3.05) is 13.7 Å². The molecule has 1 atom stereocenters. The lowest BCUT2D eigenvalue weighted by molar-refractivity contribution is -0.134. The average molecular weight is 316 g/mol. The van der Waals surface area contributed by atoms with Crippen molar-refractivity contribution in [3.8, 4) is 5.75 Å². The first-order valence-corrected chi connectivity index (χ1v) is 7.45. The first-order valence-electron chi connectivity index (χ1n) is 7.45. The standard InChI is InChI=1S/C17H20N2O4/c1-4-16(20)13-5-7-14(8-6-13)22-11-17(21)19(3)12(2)15-9-10-23-18-15/h5-10,12H,4,11H2,1-3H3. The van der Waals surface area contributed by atoms with E-state index < -0.39 is 0 Å². The van der Waals surface area contributed by atoms with Gasteiger partial charge in [0, 0.05) is 25.1 Å². The Bertz CT molecular complexity index is 650. The third-order valence-corrected chi connectivity index (χ3v) is 3.72. The highest BCUT2D eigenvalue weighted by atomic mass is 16.5. The molecular formula is C17H20N2O4. The van der Waals surface area contributed by atoms with Crippen LogP contribution in [0.2, 0.25) is 0 Å². The zero-order valence-electron chi connectivity index (χ0n) is 13.5. The van der Waals surface area contributed by atoms with Gasteiger partial charge >= 0.3 is 0 Å². The van der Waals surface area contributed by atoms with E-state index in [0.29, 0.717) is 23.4 Å². The minimum atomic E-state index is -0.200. The summed E-state index contributed by atoms with van der Waals surface area (Å²) in [7, 11) is 1.69. The Morgan fingerprint density at radius 3 is 2.52 bits per heavy atom. The van der Waals surface area contributed by atoms with Crippen LogP contribution in [0.4, 0.5) is 0 Å². The molecule has 0 fully saturated rings. The van der Waals surface area contributed by atoms with Gasteiger partial charge in [0.25, 0.3) is 5.91 Å². The average Bonchev–Trinajstić information content (AvgIpc) is 3.12. The van der Waals surface area contributed by atoms with Gasteiger partial charge in [0.2, 0.25) is 0 Å². The van der Waals surface area contributed by atoms with Crippen LogP contribution < -0.4 is 4.74 Å². The summed E-state index contributed by atoms with van der Waals surface area (Å²) in [5.74, 6) is 0.455. The number of aromatic nitrogens is 1. The fourth-order valence-electron chi connectivity index (χ4n) is 2.04. The predicted molar refractivity (Wildman–Crippen MR) is 84.2 cm³/mol. The number of carbonyl (C=O) groups excluding carboxylic acids is 2. The second-order valence-electron chi connectivity index (χ2n) is 5.19. The summed E-state index contributed by atoms with van der Waals surface area (Å²) in [6.07, 6.45) is 1.93. The molecule has 0 aliphatic heterocycles. The lowest BCUT2D eigenvalue weighted by atomic mass is 10.1. The fraction of sp³-hybridized carbons (Fsp3) is 0.353. The van der Waals surface area contributed by atoms with Gasteiger partial charge < -0.3 is 14.2 Å². The monoisotopic (exact) mass is 316 g/mol. The molecule has 1 aromatic heterocycles. The minimum Gasteiger partial charge on any atom is -0.484 e. The first kappa shape index (κ1) is 16.7. The van der Waals surface area contributed by atoms with E-state index in [2.05, 4.69) is 5.16 Å². The number of hydrogen-bond donors (Lipinski definition) is 0. The number of ketones is 1. The van der Waals surface area contributed by atoms with Gasteiger partial charge in [-0.1, -0.05) is 12.1 Å². The Morgan fingerprint density at radius 2 is 1.96 bits per heavy atom. The maximum atomic E-state index is 12.2. The number of likely N-dealkylation sites (N-methyl/N-ethyl adjacent to an activating group) is 1. The fourth-order valence-corrected chi connectivity index (χ4v) is 2.04. The van der Waals surface area contributed by atoms with E-state index in [1.54, 1.807) is 42.3 Å². The van der Waals surface area contributed by atoms with Crippen LogP contribution in [0.1, 0.15) is 42.4 Å².